The van der Waals surface area contributed by atoms with E-state index in [2.05, 4.69) is 4.72 Å². The van der Waals surface area contributed by atoms with Crippen LogP contribution in [0.4, 0.5) is 0 Å². The molecule has 0 radical (unpaired) electrons. The lowest BCUT2D eigenvalue weighted by atomic mass is 10.0. The Kier molecular flexibility index (Phi) is 5.56. The van der Waals surface area contributed by atoms with Gasteiger partial charge in [-0.3, -0.25) is 0 Å². The van der Waals surface area contributed by atoms with Gasteiger partial charge in [0.1, 0.15) is 0 Å². The molecule has 0 spiro atoms. The molecule has 2 unspecified atom stereocenters. The first-order chi connectivity index (χ1) is 9.19. The maximum atomic E-state index is 12.2. The maximum absolute atomic E-state index is 12.2. The van der Waals surface area contributed by atoms with Crippen molar-refractivity contribution in [2.45, 2.75) is 38.1 Å². The quantitative estimate of drug-likeness (QED) is 0.844. The zero-order chi connectivity index (χ0) is 15.5. The molecule has 0 fully saturated rings. The number of hydrogen-bond acceptors (Lipinski definition) is 3. The van der Waals surface area contributed by atoms with Gasteiger partial charge in [0.15, 0.2) is 0 Å². The van der Waals surface area contributed by atoms with Crippen molar-refractivity contribution in [2.75, 3.05) is 0 Å². The molecule has 2 atom stereocenters. The van der Waals surface area contributed by atoms with Crippen LogP contribution in [-0.2, 0) is 10.0 Å². The summed E-state index contributed by atoms with van der Waals surface area (Å²) in [5.41, 5.74) is -0.124. The van der Waals surface area contributed by atoms with Crippen LogP contribution in [0.3, 0.4) is 0 Å². The summed E-state index contributed by atoms with van der Waals surface area (Å²) in [6.45, 7) is 5.72. The molecule has 7 heteroatoms. The van der Waals surface area contributed by atoms with E-state index in [1.165, 1.54) is 12.1 Å². The van der Waals surface area contributed by atoms with Crippen LogP contribution in [-0.4, -0.2) is 25.5 Å². The van der Waals surface area contributed by atoms with E-state index in [1.807, 2.05) is 13.8 Å². The molecule has 1 aromatic rings. The molecule has 0 aliphatic rings. The number of sulfonamides is 1. The molecular weight excluding hydrogens is 302 g/mol. The number of halogens is 1. The number of carboxylic acids is 1. The van der Waals surface area contributed by atoms with Crippen LogP contribution in [0.2, 0.25) is 5.02 Å². The normalized spacial score (nSPS) is 14.8. The van der Waals surface area contributed by atoms with E-state index in [4.69, 9.17) is 16.7 Å². The summed E-state index contributed by atoms with van der Waals surface area (Å²) in [4.78, 5) is 10.8. The molecule has 0 aliphatic carbocycles. The summed E-state index contributed by atoms with van der Waals surface area (Å²) in [6, 6.07) is 3.35. The topological polar surface area (TPSA) is 83.5 Å². The van der Waals surface area contributed by atoms with Crippen LogP contribution in [0, 0.1) is 5.92 Å². The van der Waals surface area contributed by atoms with Gasteiger partial charge < -0.3 is 5.11 Å². The molecule has 0 bridgehead atoms. The highest BCUT2D eigenvalue weighted by atomic mass is 35.5. The van der Waals surface area contributed by atoms with Crippen molar-refractivity contribution < 1.29 is 18.3 Å². The van der Waals surface area contributed by atoms with Gasteiger partial charge in [-0.2, -0.15) is 0 Å². The number of aromatic carboxylic acids is 1. The minimum Gasteiger partial charge on any atom is -0.478 e. The largest absolute Gasteiger partial charge is 0.478 e. The van der Waals surface area contributed by atoms with Gasteiger partial charge >= 0.3 is 5.97 Å². The molecule has 0 amide bonds. The van der Waals surface area contributed by atoms with E-state index in [-0.39, 0.29) is 27.4 Å². The molecule has 2 N–H and O–H groups in total. The minimum absolute atomic E-state index is 0.0392. The van der Waals surface area contributed by atoms with Crippen LogP contribution in [0.5, 0.6) is 0 Å². The fourth-order valence-corrected chi connectivity index (χ4v) is 3.32. The molecule has 0 heterocycles. The summed E-state index contributed by atoms with van der Waals surface area (Å²) in [5, 5.41) is 8.76. The molecule has 0 saturated carbocycles. The number of benzene rings is 1. The second-order valence-corrected chi connectivity index (χ2v) is 6.86. The number of carbonyl (C=O) groups is 1. The second kappa shape index (κ2) is 6.56. The predicted octanol–water partition coefficient (Wildman–Crippen LogP) is 2.75. The number of nitrogens with one attached hydrogen (secondary N) is 1. The van der Waals surface area contributed by atoms with Gasteiger partial charge in [0, 0.05) is 6.04 Å². The Morgan fingerprint density at radius 3 is 2.45 bits per heavy atom. The van der Waals surface area contributed by atoms with Crippen LogP contribution in [0.25, 0.3) is 0 Å². The third kappa shape index (κ3) is 3.94. The van der Waals surface area contributed by atoms with Gasteiger partial charge in [0.2, 0.25) is 10.0 Å². The minimum atomic E-state index is -3.71. The zero-order valence-electron chi connectivity index (χ0n) is 11.6. The predicted molar refractivity (Wildman–Crippen MR) is 77.6 cm³/mol. The first-order valence-electron chi connectivity index (χ1n) is 6.24. The van der Waals surface area contributed by atoms with Crippen LogP contribution < -0.4 is 4.72 Å². The van der Waals surface area contributed by atoms with Crippen molar-refractivity contribution in [2.24, 2.45) is 5.92 Å². The summed E-state index contributed by atoms with van der Waals surface area (Å²) < 4.78 is 26.9. The third-order valence-electron chi connectivity index (χ3n) is 3.32. The Labute approximate surface area is 124 Å². The summed E-state index contributed by atoms with van der Waals surface area (Å²) in [5.74, 6) is -1.00. The van der Waals surface area contributed by atoms with E-state index >= 15 is 0 Å². The highest BCUT2D eigenvalue weighted by Gasteiger charge is 2.22. The van der Waals surface area contributed by atoms with Crippen LogP contribution >= 0.6 is 11.6 Å². The standard InChI is InChI=1S/C13H18ClNO4S/c1-4-8(2)9(3)15-20(18,19)10-5-6-11(13(16)17)12(14)7-10/h5-9,15H,4H2,1-3H3,(H,16,17). The van der Waals surface area contributed by atoms with Crippen molar-refractivity contribution in [3.8, 4) is 0 Å². The molecule has 20 heavy (non-hydrogen) atoms. The van der Waals surface area contributed by atoms with E-state index < -0.39 is 16.0 Å². The monoisotopic (exact) mass is 319 g/mol. The van der Waals surface area contributed by atoms with Gasteiger partial charge in [0.05, 0.1) is 15.5 Å². The second-order valence-electron chi connectivity index (χ2n) is 4.74. The van der Waals surface area contributed by atoms with Gasteiger partial charge in [-0.15, -0.1) is 0 Å². The molecule has 1 rings (SSSR count). The van der Waals surface area contributed by atoms with Gasteiger partial charge in [-0.25, -0.2) is 17.9 Å². The summed E-state index contributed by atoms with van der Waals surface area (Å²) in [7, 11) is -3.71. The van der Waals surface area contributed by atoms with Gasteiger partial charge in [-0.05, 0) is 31.0 Å². The SMILES string of the molecule is CCC(C)C(C)NS(=O)(=O)c1ccc(C(=O)O)c(Cl)c1. The molecule has 5 nitrogen and oxygen atoms in total. The molecule has 0 aromatic heterocycles. The van der Waals surface area contributed by atoms with E-state index in [9.17, 15) is 13.2 Å². The summed E-state index contributed by atoms with van der Waals surface area (Å²) >= 11 is 5.78. The molecule has 0 saturated heterocycles. The molecule has 1 aromatic carbocycles. The van der Waals surface area contributed by atoms with Crippen molar-refractivity contribution in [3.63, 3.8) is 0 Å². The molecular formula is C13H18ClNO4S. The Morgan fingerprint density at radius 1 is 1.40 bits per heavy atom. The number of rotatable bonds is 6. The van der Waals surface area contributed by atoms with E-state index in [0.717, 1.165) is 12.5 Å². The number of hydrogen-bond donors (Lipinski definition) is 2. The van der Waals surface area contributed by atoms with Crippen molar-refractivity contribution in [3.05, 3.63) is 28.8 Å². The zero-order valence-corrected chi connectivity index (χ0v) is 13.1. The third-order valence-corrected chi connectivity index (χ3v) is 5.19. The fourth-order valence-electron chi connectivity index (χ4n) is 1.62. The van der Waals surface area contributed by atoms with Crippen molar-refractivity contribution >= 4 is 27.6 Å². The Bertz CT molecular complexity index is 600. The smallest absolute Gasteiger partial charge is 0.337 e. The van der Waals surface area contributed by atoms with Gasteiger partial charge in [-0.1, -0.05) is 31.9 Å². The van der Waals surface area contributed by atoms with Crippen molar-refractivity contribution in [1.82, 2.24) is 4.72 Å². The Balaban J connectivity index is 3.05. The average Bonchev–Trinajstić information content (AvgIpc) is 2.36. The summed E-state index contributed by atoms with van der Waals surface area (Å²) in [6.07, 6.45) is 0.850. The first-order valence-corrected chi connectivity index (χ1v) is 8.10. The van der Waals surface area contributed by atoms with Gasteiger partial charge in [0.25, 0.3) is 0 Å². The highest BCUT2D eigenvalue weighted by Crippen LogP contribution is 2.21. The van der Waals surface area contributed by atoms with E-state index in [1.54, 1.807) is 6.92 Å². The van der Waals surface area contributed by atoms with Crippen LogP contribution in [0.15, 0.2) is 23.1 Å². The lowest BCUT2D eigenvalue weighted by Gasteiger charge is -2.20. The van der Waals surface area contributed by atoms with Crippen molar-refractivity contribution in [1.29, 1.82) is 0 Å². The maximum Gasteiger partial charge on any atom is 0.337 e. The fraction of sp³-hybridized carbons (Fsp3) is 0.462. The lowest BCUT2D eigenvalue weighted by Crippen LogP contribution is -2.36. The Morgan fingerprint density at radius 2 is 2.00 bits per heavy atom. The van der Waals surface area contributed by atoms with Crippen LogP contribution in [0.1, 0.15) is 37.6 Å². The Hall–Kier alpha value is -1.11. The molecule has 112 valence electrons. The van der Waals surface area contributed by atoms with E-state index in [0.29, 0.717) is 0 Å². The highest BCUT2D eigenvalue weighted by molar-refractivity contribution is 7.89. The molecule has 0 aliphatic heterocycles. The number of carboxylic acid groups (broad SMARTS) is 1. The lowest BCUT2D eigenvalue weighted by molar-refractivity contribution is 0.0697. The average molecular weight is 320 g/mol. The first kappa shape index (κ1) is 16.9.